The van der Waals surface area contributed by atoms with Gasteiger partial charge in [-0.25, -0.2) is 63.9 Å². The number of aromatic nitrogens is 20. The molecule has 9 saturated heterocycles. The Morgan fingerprint density at radius 1 is 0.375 bits per heavy atom. The predicted molar refractivity (Wildman–Crippen MR) is 458 cm³/mol. The van der Waals surface area contributed by atoms with Gasteiger partial charge in [-0.2, -0.15) is 24.8 Å². The second kappa shape index (κ2) is 33.2. The third-order valence-corrected chi connectivity index (χ3v) is 24.5. The first-order valence-electron chi connectivity index (χ1n) is 41.0. The molecule has 6 bridgehead atoms. The van der Waals surface area contributed by atoms with Crippen LogP contribution in [-0.2, 0) is 38.9 Å². The van der Waals surface area contributed by atoms with Gasteiger partial charge in [0.05, 0.1) is 58.4 Å². The fourth-order valence-electron chi connectivity index (χ4n) is 17.6. The Kier molecular flexibility index (Phi) is 21.3. The number of nitrogens with zero attached hydrogens (tertiary/aromatic N) is 23. The fraction of sp³-hybridized carbons (Fsp3) is 0.308. The molecule has 26 nitrogen and oxygen atoms in total. The summed E-state index contributed by atoms with van der Waals surface area (Å²) in [6.45, 7) is 22.8. The number of hydrogen-bond donors (Lipinski definition) is 3. The number of aromatic amines is 3. The van der Waals surface area contributed by atoms with E-state index in [9.17, 15) is 8.78 Å². The van der Waals surface area contributed by atoms with E-state index in [0.29, 0.717) is 73.0 Å². The van der Waals surface area contributed by atoms with Crippen LogP contribution in [0.15, 0.2) is 195 Å². The van der Waals surface area contributed by atoms with Crippen molar-refractivity contribution in [1.29, 1.82) is 0 Å². The van der Waals surface area contributed by atoms with Gasteiger partial charge >= 0.3 is 0 Å². The number of benzene rings is 3. The Hall–Kier alpha value is -12.8. The van der Waals surface area contributed by atoms with E-state index in [2.05, 4.69) is 188 Å². The number of aryl methyl sites for hydroxylation is 7. The molecule has 9 aliphatic heterocycles. The Balaban J connectivity index is 0.000000119. The normalized spacial score (nSPS) is 18.6. The number of H-pyrrole nitrogens is 3. The highest BCUT2D eigenvalue weighted by Gasteiger charge is 2.47. The van der Waals surface area contributed by atoms with E-state index in [0.717, 1.165) is 178 Å². The summed E-state index contributed by atoms with van der Waals surface area (Å²) in [5.41, 5.74) is 21.3. The van der Waals surface area contributed by atoms with E-state index in [1.807, 2.05) is 121 Å². The zero-order chi connectivity index (χ0) is 81.6. The summed E-state index contributed by atoms with van der Waals surface area (Å²) in [4.78, 5) is 67.3. The topological polar surface area (TPSA) is 270 Å². The maximum atomic E-state index is 13.3. The number of pyridine rings is 3. The first-order valence-corrected chi connectivity index (χ1v) is 41.8. The number of piperazine rings is 3. The van der Waals surface area contributed by atoms with Crippen LogP contribution in [0.25, 0.3) is 56.1 Å². The smallest absolute Gasteiger partial charge is 0.231 e. The van der Waals surface area contributed by atoms with Crippen molar-refractivity contribution in [3.8, 4) is 56.1 Å². The van der Waals surface area contributed by atoms with Crippen molar-refractivity contribution in [1.82, 2.24) is 114 Å². The van der Waals surface area contributed by atoms with Crippen molar-refractivity contribution in [3.63, 3.8) is 0 Å². The molecule has 29 heteroatoms. The van der Waals surface area contributed by atoms with Crippen molar-refractivity contribution in [2.45, 2.75) is 143 Å². The number of imidazole rings is 1. The second-order valence-corrected chi connectivity index (χ2v) is 34.0. The van der Waals surface area contributed by atoms with Gasteiger partial charge in [0, 0.05) is 206 Å². The molecule has 0 aliphatic carbocycles. The summed E-state index contributed by atoms with van der Waals surface area (Å²) >= 11 is 1.75. The molecule has 3 N–H and O–H groups in total. The first-order chi connectivity index (χ1) is 58.4. The highest BCUT2D eigenvalue weighted by Crippen LogP contribution is 2.40. The van der Waals surface area contributed by atoms with Crippen LogP contribution in [0.2, 0.25) is 0 Å². The largest absolute Gasteiger partial charge is 0.353 e. The number of nitrogens with one attached hydrogen (secondary N) is 3. The second-order valence-electron chi connectivity index (χ2n) is 32.7. The number of thiazole rings is 1. The molecule has 24 rings (SSSR count). The standard InChI is InChI=1S/C31H32N8S.2C30H30FN9/c1-19-10-25(12-26-11-20(2)36-37-26)35-30(34-19)24-8-9-29(32-15-24)38-17-27-13-28(18-38)39(27)16-22-4-6-23(7-5-22)31-33-14-21(3)40-31;1-19-9-24(11-25-10-20(2)36-37-25)35-30(34-19)22-5-8-29(32-13-22)38-17-27-12-28(18-38)39(27)15-21-3-6-26(7-4-21)40-16-23(31)14-33-40;1-19-9-23(11-24-10-20(2)36-37-24)35-30(34-19)22-5-8-29(32-13-22)38-15-26-12-27(16-38)40(26)14-21-3-6-25(7-4-21)39-17-28(31)33-18-39/h4-11,14-15,27-28H,12-13,16-18H2,1-3H3,(H,36,37);3-10,13-14,16,27-28H,11-12,15,17-18H2,1-2H3,(H,36,37);3-10,13,17-18,26-27H,11-12,14-16H2,1-2H3,(H,36,37). The van der Waals surface area contributed by atoms with Gasteiger partial charge in [0.15, 0.2) is 23.3 Å². The van der Waals surface area contributed by atoms with Crippen LogP contribution in [0.4, 0.5) is 26.2 Å². The van der Waals surface area contributed by atoms with Gasteiger partial charge in [-0.1, -0.05) is 48.5 Å². The van der Waals surface area contributed by atoms with Gasteiger partial charge in [0.2, 0.25) is 5.95 Å². The van der Waals surface area contributed by atoms with Crippen molar-refractivity contribution in [3.05, 3.63) is 297 Å². The van der Waals surface area contributed by atoms with Crippen LogP contribution in [0.5, 0.6) is 0 Å². The lowest BCUT2D eigenvalue weighted by Crippen LogP contribution is -2.68. The van der Waals surface area contributed by atoms with E-state index in [1.54, 1.807) is 20.6 Å². The summed E-state index contributed by atoms with van der Waals surface area (Å²) in [5.74, 6) is 4.31. The maximum Gasteiger partial charge on any atom is 0.231 e. The number of halogens is 2. The third kappa shape index (κ3) is 17.3. The molecule has 0 amide bonds. The fourth-order valence-corrected chi connectivity index (χ4v) is 18.4. The van der Waals surface area contributed by atoms with Crippen LogP contribution < -0.4 is 14.7 Å². The van der Waals surface area contributed by atoms with Crippen molar-refractivity contribution < 1.29 is 8.78 Å². The Morgan fingerprint density at radius 3 is 1.07 bits per heavy atom. The Morgan fingerprint density at radius 2 is 0.750 bits per heavy atom. The molecule has 9 aliphatic rings. The molecular formula is C91H92F2N26S. The number of fused-ring (bicyclic) bond motifs is 6. The Labute approximate surface area is 698 Å². The summed E-state index contributed by atoms with van der Waals surface area (Å²) in [5, 5.41) is 27.2. The first kappa shape index (κ1) is 77.1. The summed E-state index contributed by atoms with van der Waals surface area (Å²) in [7, 11) is 0. The van der Waals surface area contributed by atoms with Crippen molar-refractivity contribution in [2.24, 2.45) is 0 Å². The zero-order valence-corrected chi connectivity index (χ0v) is 68.8. The monoisotopic (exact) mass is 1620 g/mol. The van der Waals surface area contributed by atoms with Gasteiger partial charge in [0.1, 0.15) is 28.8 Å². The van der Waals surface area contributed by atoms with Gasteiger partial charge in [0.25, 0.3) is 0 Å². The summed E-state index contributed by atoms with van der Waals surface area (Å²) < 4.78 is 29.8. The minimum Gasteiger partial charge on any atom is -0.353 e. The average molecular weight is 1620 g/mol. The zero-order valence-electron chi connectivity index (χ0n) is 68.0. The van der Waals surface area contributed by atoms with Crippen molar-refractivity contribution >= 4 is 28.8 Å². The maximum absolute atomic E-state index is 13.3. The molecule has 0 spiro atoms. The SMILES string of the molecule is Cc1cc(Cc2cc(C)[nH]n2)nc(-c2ccc(N3CC4CC(C3)N4Cc3ccc(-c4ncc(C)s4)cc3)nc2)n1.Cc1cc(Cc2cc(C)[nH]n2)nc(-c2ccc(N3CC4CC(C3)N4Cc3ccc(-n4cc(F)cn4)cc3)nc2)n1.Cc1cc(Cc2cc(C)[nH]n2)nc(-c2ccc(N3CC4CC(C3)N4Cc3ccc(-n4cnc(F)c4)cc3)nc2)n1. The molecule has 6 unspecified atom stereocenters. The molecule has 15 aromatic rings. The summed E-state index contributed by atoms with van der Waals surface area (Å²) in [6.07, 6.45) is 18.8. The van der Waals surface area contributed by atoms with Crippen LogP contribution in [-0.4, -0.2) is 190 Å². The molecule has 0 saturated carbocycles. The van der Waals surface area contributed by atoms with E-state index < -0.39 is 5.95 Å². The molecular weight excluding hydrogens is 1530 g/mol. The van der Waals surface area contributed by atoms with Crippen molar-refractivity contribution in [2.75, 3.05) is 54.0 Å². The number of anilines is 3. The minimum atomic E-state index is -0.472. The van der Waals surface area contributed by atoms with E-state index in [4.69, 9.17) is 29.9 Å². The molecule has 6 atom stereocenters. The molecule has 12 aromatic heterocycles. The molecule has 120 heavy (non-hydrogen) atoms. The molecule has 3 aromatic carbocycles. The van der Waals surface area contributed by atoms with Crippen LogP contribution in [0.1, 0.15) is 109 Å². The lowest BCUT2D eigenvalue weighted by molar-refractivity contribution is -0.00870. The minimum absolute atomic E-state index is 0.333. The average Bonchev–Trinajstić information content (AvgIpc) is 0.806. The van der Waals surface area contributed by atoms with Gasteiger partial charge in [-0.3, -0.25) is 30.0 Å². The lowest BCUT2D eigenvalue weighted by atomic mass is 9.86. The highest BCUT2D eigenvalue weighted by molar-refractivity contribution is 7.14. The molecule has 606 valence electrons. The predicted octanol–water partition coefficient (Wildman–Crippen LogP) is 13.9. The lowest BCUT2D eigenvalue weighted by Gasteiger charge is -2.56. The van der Waals surface area contributed by atoms with Gasteiger partial charge in [-0.15, -0.1) is 11.3 Å². The number of piperidine rings is 3. The van der Waals surface area contributed by atoms with Crippen LogP contribution >= 0.6 is 11.3 Å². The van der Waals surface area contributed by atoms with Gasteiger partial charge in [-0.05, 0) is 181 Å². The molecule has 21 heterocycles. The van der Waals surface area contributed by atoms with Gasteiger partial charge < -0.3 is 19.3 Å². The quantitative estimate of drug-likeness (QED) is 0.0603. The molecule has 9 fully saturated rings. The van der Waals surface area contributed by atoms with E-state index in [-0.39, 0.29) is 5.82 Å². The molecule has 0 radical (unpaired) electrons. The number of hydrogen-bond acceptors (Lipinski definition) is 22. The van der Waals surface area contributed by atoms with E-state index >= 15 is 0 Å². The third-order valence-electron chi connectivity index (χ3n) is 23.6. The van der Waals surface area contributed by atoms with Crippen LogP contribution in [0.3, 0.4) is 0 Å². The van der Waals surface area contributed by atoms with E-state index in [1.165, 1.54) is 71.3 Å². The highest BCUT2D eigenvalue weighted by atomic mass is 32.1. The number of rotatable bonds is 21. The van der Waals surface area contributed by atoms with Crippen LogP contribution in [0, 0.1) is 60.2 Å². The Bertz CT molecular complexity index is 5470. The summed E-state index contributed by atoms with van der Waals surface area (Å²) in [6, 6.07) is 53.3.